The number of hydrogen-bond acceptors (Lipinski definition) is 2. The highest BCUT2D eigenvalue weighted by molar-refractivity contribution is 9.10. The summed E-state index contributed by atoms with van der Waals surface area (Å²) in [6.07, 6.45) is 0.984. The summed E-state index contributed by atoms with van der Waals surface area (Å²) in [5.74, 6) is 1.08. The number of anilines is 1. The van der Waals surface area contributed by atoms with Crippen LogP contribution in [-0.2, 0) is 6.42 Å². The number of aromatic nitrogens is 2. The third kappa shape index (κ3) is 2.23. The molecule has 0 amide bonds. The van der Waals surface area contributed by atoms with Gasteiger partial charge in [0.05, 0.1) is 11.4 Å². The van der Waals surface area contributed by atoms with E-state index < -0.39 is 0 Å². The lowest BCUT2D eigenvalue weighted by Crippen LogP contribution is -2.04. The molecule has 110 valence electrons. The molecule has 0 saturated heterocycles. The molecule has 1 N–H and O–H groups in total. The number of fused-ring (bicyclic) bond motifs is 1. The van der Waals surface area contributed by atoms with E-state index in [-0.39, 0.29) is 0 Å². The number of rotatable bonds is 2. The zero-order valence-electron chi connectivity index (χ0n) is 11.7. The summed E-state index contributed by atoms with van der Waals surface area (Å²) in [5.41, 5.74) is 4.41. The Kier molecular flexibility index (Phi) is 3.43. The zero-order chi connectivity index (χ0) is 15.1. The molecule has 1 aliphatic rings. The van der Waals surface area contributed by atoms with Crippen molar-refractivity contribution in [2.24, 2.45) is 0 Å². The van der Waals surface area contributed by atoms with Crippen LogP contribution in [0.4, 0.5) is 5.82 Å². The van der Waals surface area contributed by atoms with Gasteiger partial charge in [0.2, 0.25) is 0 Å². The number of benzene rings is 2. The van der Waals surface area contributed by atoms with Crippen molar-refractivity contribution in [2.75, 3.05) is 11.9 Å². The zero-order valence-corrected chi connectivity index (χ0v) is 14.0. The minimum Gasteiger partial charge on any atom is -0.369 e. The number of halogens is 2. The van der Waals surface area contributed by atoms with E-state index in [2.05, 4.69) is 27.3 Å². The molecule has 0 unspecified atom stereocenters. The first-order chi connectivity index (χ1) is 10.7. The summed E-state index contributed by atoms with van der Waals surface area (Å²) >= 11 is 9.60. The Morgan fingerprint density at radius 1 is 1.09 bits per heavy atom. The van der Waals surface area contributed by atoms with Gasteiger partial charge in [0.25, 0.3) is 0 Å². The number of nitrogens with one attached hydrogen (secondary N) is 1. The van der Waals surface area contributed by atoms with E-state index in [1.54, 1.807) is 0 Å². The lowest BCUT2D eigenvalue weighted by Gasteiger charge is -2.08. The summed E-state index contributed by atoms with van der Waals surface area (Å²) in [6.45, 7) is 0.943. The molecule has 2 aromatic carbocycles. The van der Waals surface area contributed by atoms with Crippen LogP contribution in [-0.4, -0.2) is 16.3 Å². The first-order valence-corrected chi connectivity index (χ1v) is 8.28. The fourth-order valence-corrected chi connectivity index (χ4v) is 3.39. The van der Waals surface area contributed by atoms with Gasteiger partial charge in [0, 0.05) is 27.2 Å². The molecular formula is C17H13BrClN3. The number of para-hydroxylation sites is 1. The summed E-state index contributed by atoms with van der Waals surface area (Å²) in [5, 5.41) is 9.03. The smallest absolute Gasteiger partial charge is 0.133 e. The van der Waals surface area contributed by atoms with E-state index in [1.807, 2.05) is 47.1 Å². The van der Waals surface area contributed by atoms with Crippen LogP contribution in [0.15, 0.2) is 53.0 Å². The Bertz CT molecular complexity index is 840. The van der Waals surface area contributed by atoms with Crippen LogP contribution >= 0.6 is 27.5 Å². The van der Waals surface area contributed by atoms with E-state index >= 15 is 0 Å². The van der Waals surface area contributed by atoms with E-state index in [0.717, 1.165) is 45.2 Å². The first-order valence-electron chi connectivity index (χ1n) is 7.10. The molecule has 0 bridgehead atoms. The predicted octanol–water partition coefficient (Wildman–Crippen LogP) is 4.92. The second-order valence-corrected chi connectivity index (χ2v) is 6.51. The third-order valence-corrected chi connectivity index (χ3v) is 4.77. The summed E-state index contributed by atoms with van der Waals surface area (Å²) in [4.78, 5) is 0. The van der Waals surface area contributed by atoms with Crippen molar-refractivity contribution in [1.29, 1.82) is 0 Å². The molecule has 3 nitrogen and oxygen atoms in total. The molecule has 5 heteroatoms. The van der Waals surface area contributed by atoms with Gasteiger partial charge in [0.15, 0.2) is 0 Å². The standard InChI is InChI=1S/C17H13BrClN3/c18-14-3-1-2-4-15(14)22-17-13(9-10-20-17)16(21-22)11-5-7-12(19)8-6-11/h1-8,20H,9-10H2. The Morgan fingerprint density at radius 3 is 2.64 bits per heavy atom. The molecule has 0 radical (unpaired) electrons. The van der Waals surface area contributed by atoms with Gasteiger partial charge in [-0.2, -0.15) is 5.10 Å². The van der Waals surface area contributed by atoms with Gasteiger partial charge in [-0.25, -0.2) is 4.68 Å². The molecule has 0 spiro atoms. The summed E-state index contributed by atoms with van der Waals surface area (Å²) < 4.78 is 3.01. The monoisotopic (exact) mass is 373 g/mol. The Morgan fingerprint density at radius 2 is 1.86 bits per heavy atom. The minimum absolute atomic E-state index is 0.740. The predicted molar refractivity (Wildman–Crippen MR) is 93.9 cm³/mol. The fraction of sp³-hybridized carbons (Fsp3) is 0.118. The van der Waals surface area contributed by atoms with Gasteiger partial charge in [-0.1, -0.05) is 35.9 Å². The van der Waals surface area contributed by atoms with Gasteiger partial charge in [-0.3, -0.25) is 0 Å². The SMILES string of the molecule is Clc1ccc(-c2nn(-c3ccccc3Br)c3c2CCN3)cc1. The quantitative estimate of drug-likeness (QED) is 0.690. The molecule has 0 atom stereocenters. The molecule has 0 fully saturated rings. The van der Waals surface area contributed by atoms with Gasteiger partial charge in [-0.05, 0) is 46.6 Å². The van der Waals surface area contributed by atoms with Crippen molar-refractivity contribution in [3.8, 4) is 16.9 Å². The lowest BCUT2D eigenvalue weighted by molar-refractivity contribution is 0.878. The lowest BCUT2D eigenvalue weighted by atomic mass is 10.1. The molecule has 0 aliphatic carbocycles. The van der Waals surface area contributed by atoms with Gasteiger partial charge in [0.1, 0.15) is 5.82 Å². The topological polar surface area (TPSA) is 29.9 Å². The first kappa shape index (κ1) is 13.9. The van der Waals surface area contributed by atoms with Crippen LogP contribution < -0.4 is 5.32 Å². The highest BCUT2D eigenvalue weighted by atomic mass is 79.9. The fourth-order valence-electron chi connectivity index (χ4n) is 2.81. The average Bonchev–Trinajstić information content (AvgIpc) is 3.11. The van der Waals surface area contributed by atoms with Crippen LogP contribution in [0, 0.1) is 0 Å². The Labute approximate surface area is 142 Å². The number of hydrogen-bond donors (Lipinski definition) is 1. The van der Waals surface area contributed by atoms with Gasteiger partial charge < -0.3 is 5.32 Å². The largest absolute Gasteiger partial charge is 0.369 e. The van der Waals surface area contributed by atoms with E-state index in [1.165, 1.54) is 5.56 Å². The maximum atomic E-state index is 5.99. The van der Waals surface area contributed by atoms with Crippen molar-refractivity contribution in [2.45, 2.75) is 6.42 Å². The van der Waals surface area contributed by atoms with Crippen LogP contribution in [0.25, 0.3) is 16.9 Å². The van der Waals surface area contributed by atoms with Crippen LogP contribution in [0.5, 0.6) is 0 Å². The molecule has 22 heavy (non-hydrogen) atoms. The van der Waals surface area contributed by atoms with Crippen molar-refractivity contribution in [1.82, 2.24) is 9.78 Å². The highest BCUT2D eigenvalue weighted by Gasteiger charge is 2.24. The summed E-state index contributed by atoms with van der Waals surface area (Å²) in [7, 11) is 0. The van der Waals surface area contributed by atoms with E-state index in [9.17, 15) is 0 Å². The van der Waals surface area contributed by atoms with Crippen molar-refractivity contribution in [3.05, 3.63) is 63.6 Å². The second-order valence-electron chi connectivity index (χ2n) is 5.22. The van der Waals surface area contributed by atoms with Gasteiger partial charge >= 0.3 is 0 Å². The maximum Gasteiger partial charge on any atom is 0.133 e. The number of nitrogens with zero attached hydrogens (tertiary/aromatic N) is 2. The molecule has 2 heterocycles. The van der Waals surface area contributed by atoms with Crippen LogP contribution in [0.2, 0.25) is 5.02 Å². The van der Waals surface area contributed by atoms with Crippen molar-refractivity contribution in [3.63, 3.8) is 0 Å². The molecular weight excluding hydrogens is 362 g/mol. The average molecular weight is 375 g/mol. The second kappa shape index (κ2) is 5.45. The van der Waals surface area contributed by atoms with Crippen molar-refractivity contribution < 1.29 is 0 Å². The molecule has 1 aromatic heterocycles. The van der Waals surface area contributed by atoms with Crippen LogP contribution in [0.3, 0.4) is 0 Å². The normalized spacial score (nSPS) is 13.0. The molecule has 4 rings (SSSR count). The highest BCUT2D eigenvalue weighted by Crippen LogP contribution is 2.36. The summed E-state index contributed by atoms with van der Waals surface area (Å²) in [6, 6.07) is 16.0. The third-order valence-electron chi connectivity index (χ3n) is 3.85. The minimum atomic E-state index is 0.740. The molecule has 1 aliphatic heterocycles. The Balaban J connectivity index is 1.90. The van der Waals surface area contributed by atoms with E-state index in [0.29, 0.717) is 0 Å². The molecule has 3 aromatic rings. The van der Waals surface area contributed by atoms with Crippen LogP contribution in [0.1, 0.15) is 5.56 Å². The van der Waals surface area contributed by atoms with Gasteiger partial charge in [-0.15, -0.1) is 0 Å². The Hall–Kier alpha value is -1.78. The van der Waals surface area contributed by atoms with Crippen molar-refractivity contribution >= 4 is 33.3 Å². The maximum absolute atomic E-state index is 5.99. The molecule has 0 saturated carbocycles. The van der Waals surface area contributed by atoms with E-state index in [4.69, 9.17) is 16.7 Å².